The minimum atomic E-state index is 0.000316. The number of hydrogen-bond donors (Lipinski definition) is 0. The highest BCUT2D eigenvalue weighted by atomic mass is 32.1. The summed E-state index contributed by atoms with van der Waals surface area (Å²) in [6, 6.07) is 14.9. The molecular weight excluding hydrogens is 466 g/mol. The van der Waals surface area contributed by atoms with Gasteiger partial charge >= 0.3 is 0 Å². The minimum Gasteiger partial charge on any atom is -0.342 e. The molecule has 1 atom stereocenters. The largest absolute Gasteiger partial charge is 0.342 e. The van der Waals surface area contributed by atoms with Gasteiger partial charge in [-0.25, -0.2) is 4.98 Å². The number of likely N-dealkylation sites (tertiary alicyclic amines) is 1. The molecule has 1 saturated heterocycles. The highest BCUT2D eigenvalue weighted by Crippen LogP contribution is 2.35. The SMILES string of the molecule is Cc1ccc(C)c(CC(=O)N2CCC(c3nc(C(=O)N(C)[C@@H]4CCCc5ccccc54)cs3)CC2)c1. The number of fused-ring (bicyclic) bond motifs is 1. The Morgan fingerprint density at radius 1 is 1.08 bits per heavy atom. The maximum Gasteiger partial charge on any atom is 0.273 e. The van der Waals surface area contributed by atoms with Gasteiger partial charge < -0.3 is 9.80 Å². The smallest absolute Gasteiger partial charge is 0.273 e. The van der Waals surface area contributed by atoms with Crippen LogP contribution in [0.2, 0.25) is 0 Å². The van der Waals surface area contributed by atoms with Gasteiger partial charge in [0.15, 0.2) is 0 Å². The monoisotopic (exact) mass is 501 g/mol. The molecule has 0 spiro atoms. The molecule has 0 radical (unpaired) electrons. The molecule has 1 fully saturated rings. The van der Waals surface area contributed by atoms with Crippen LogP contribution in [-0.4, -0.2) is 46.7 Å². The van der Waals surface area contributed by atoms with Gasteiger partial charge in [0.2, 0.25) is 5.91 Å². The zero-order valence-corrected chi connectivity index (χ0v) is 22.3. The van der Waals surface area contributed by atoms with Gasteiger partial charge in [-0.3, -0.25) is 9.59 Å². The molecule has 0 N–H and O–H groups in total. The lowest BCUT2D eigenvalue weighted by Gasteiger charge is -2.33. The van der Waals surface area contributed by atoms with Gasteiger partial charge in [-0.05, 0) is 68.2 Å². The molecule has 6 heteroatoms. The first-order chi connectivity index (χ1) is 17.4. The summed E-state index contributed by atoms with van der Waals surface area (Å²) in [6.07, 6.45) is 5.43. The number of rotatable bonds is 5. The first-order valence-electron chi connectivity index (χ1n) is 13.0. The van der Waals surface area contributed by atoms with Crippen LogP contribution < -0.4 is 0 Å². The average molecular weight is 502 g/mol. The van der Waals surface area contributed by atoms with Crippen molar-refractivity contribution in [3.8, 4) is 0 Å². The van der Waals surface area contributed by atoms with Crippen LogP contribution >= 0.6 is 11.3 Å². The summed E-state index contributed by atoms with van der Waals surface area (Å²) in [4.78, 5) is 34.9. The number of amides is 2. The van der Waals surface area contributed by atoms with Crippen molar-refractivity contribution in [2.45, 2.75) is 64.3 Å². The van der Waals surface area contributed by atoms with E-state index in [0.29, 0.717) is 18.0 Å². The first kappa shape index (κ1) is 24.7. The van der Waals surface area contributed by atoms with Crippen LogP contribution in [0.4, 0.5) is 0 Å². The minimum absolute atomic E-state index is 0.000316. The topological polar surface area (TPSA) is 53.5 Å². The van der Waals surface area contributed by atoms with Crippen molar-refractivity contribution in [3.63, 3.8) is 0 Å². The number of carbonyl (C=O) groups excluding carboxylic acids is 2. The molecular formula is C30H35N3O2S. The predicted molar refractivity (Wildman–Crippen MR) is 145 cm³/mol. The molecule has 5 rings (SSSR count). The Morgan fingerprint density at radius 3 is 2.67 bits per heavy atom. The zero-order valence-electron chi connectivity index (χ0n) is 21.5. The van der Waals surface area contributed by atoms with E-state index in [1.165, 1.54) is 22.3 Å². The van der Waals surface area contributed by atoms with Crippen LogP contribution in [0.25, 0.3) is 0 Å². The Bertz CT molecular complexity index is 1260. The van der Waals surface area contributed by atoms with E-state index in [1.54, 1.807) is 11.3 Å². The summed E-state index contributed by atoms with van der Waals surface area (Å²) in [5.41, 5.74) is 6.66. The van der Waals surface area contributed by atoms with E-state index in [-0.39, 0.29) is 17.9 Å². The maximum absolute atomic E-state index is 13.3. The van der Waals surface area contributed by atoms with Crippen molar-refractivity contribution in [1.29, 1.82) is 0 Å². The van der Waals surface area contributed by atoms with E-state index in [9.17, 15) is 9.59 Å². The number of aryl methyl sites for hydroxylation is 3. The summed E-state index contributed by atoms with van der Waals surface area (Å²) < 4.78 is 0. The molecule has 2 heterocycles. The normalized spacial score (nSPS) is 18.1. The zero-order chi connectivity index (χ0) is 25.2. The molecule has 1 aliphatic heterocycles. The maximum atomic E-state index is 13.3. The van der Waals surface area contributed by atoms with Gasteiger partial charge in [0, 0.05) is 31.4 Å². The molecule has 5 nitrogen and oxygen atoms in total. The molecule has 0 unspecified atom stereocenters. The van der Waals surface area contributed by atoms with Crippen LogP contribution in [0.5, 0.6) is 0 Å². The highest BCUT2D eigenvalue weighted by molar-refractivity contribution is 7.09. The van der Waals surface area contributed by atoms with E-state index < -0.39 is 0 Å². The summed E-state index contributed by atoms with van der Waals surface area (Å²) in [6.45, 7) is 5.63. The van der Waals surface area contributed by atoms with E-state index in [0.717, 1.165) is 55.8 Å². The summed E-state index contributed by atoms with van der Waals surface area (Å²) in [5, 5.41) is 2.94. The second kappa shape index (κ2) is 10.6. The summed E-state index contributed by atoms with van der Waals surface area (Å²) in [7, 11) is 1.91. The number of benzene rings is 2. The van der Waals surface area contributed by atoms with E-state index in [1.807, 2.05) is 22.2 Å². The highest BCUT2D eigenvalue weighted by Gasteiger charge is 2.30. The lowest BCUT2D eigenvalue weighted by molar-refractivity contribution is -0.131. The molecule has 0 bridgehead atoms. The second-order valence-electron chi connectivity index (χ2n) is 10.4. The molecule has 0 saturated carbocycles. The number of piperidine rings is 1. The third-order valence-electron chi connectivity index (χ3n) is 7.91. The standard InChI is InChI=1S/C30H35N3O2S/c1-20-11-12-21(2)24(17-20)18-28(34)33-15-13-23(14-16-33)29-31-26(19-36-29)30(35)32(3)27-10-6-8-22-7-4-5-9-25(22)27/h4-5,7,9,11-12,17,19,23,27H,6,8,10,13-16,18H2,1-3H3/t27-/m1/s1. The number of aromatic nitrogens is 1. The third-order valence-corrected chi connectivity index (χ3v) is 8.92. The first-order valence-corrected chi connectivity index (χ1v) is 13.9. The van der Waals surface area contributed by atoms with Crippen molar-refractivity contribution >= 4 is 23.2 Å². The molecule has 2 aliphatic rings. The molecule has 2 aromatic carbocycles. The Labute approximate surface area is 218 Å². The van der Waals surface area contributed by atoms with Crippen molar-refractivity contribution in [2.24, 2.45) is 0 Å². The van der Waals surface area contributed by atoms with Gasteiger partial charge in [0.1, 0.15) is 5.69 Å². The fourth-order valence-corrected chi connectivity index (χ4v) is 6.63. The van der Waals surface area contributed by atoms with Gasteiger partial charge in [0.25, 0.3) is 5.91 Å². The van der Waals surface area contributed by atoms with Crippen LogP contribution in [0, 0.1) is 13.8 Å². The average Bonchev–Trinajstić information content (AvgIpc) is 3.40. The number of nitrogens with zero attached hydrogens (tertiary/aromatic N) is 3. The second-order valence-corrected chi connectivity index (χ2v) is 11.2. The lowest BCUT2D eigenvalue weighted by atomic mass is 9.87. The van der Waals surface area contributed by atoms with E-state index in [4.69, 9.17) is 4.98 Å². The molecule has 3 aromatic rings. The Hall–Kier alpha value is -2.99. The van der Waals surface area contributed by atoms with Gasteiger partial charge in [-0.15, -0.1) is 11.3 Å². The van der Waals surface area contributed by atoms with Crippen LogP contribution in [0.15, 0.2) is 47.8 Å². The fourth-order valence-electron chi connectivity index (χ4n) is 5.67. The Balaban J connectivity index is 1.19. The van der Waals surface area contributed by atoms with Crippen LogP contribution in [0.1, 0.15) is 81.0 Å². The fraction of sp³-hybridized carbons (Fsp3) is 0.433. The van der Waals surface area contributed by atoms with Crippen molar-refractivity contribution in [2.75, 3.05) is 20.1 Å². The predicted octanol–water partition coefficient (Wildman–Crippen LogP) is 5.86. The quantitative estimate of drug-likeness (QED) is 0.440. The third kappa shape index (κ3) is 5.10. The molecule has 188 valence electrons. The van der Waals surface area contributed by atoms with E-state index >= 15 is 0 Å². The van der Waals surface area contributed by atoms with Crippen LogP contribution in [0.3, 0.4) is 0 Å². The summed E-state index contributed by atoms with van der Waals surface area (Å²) >= 11 is 1.59. The lowest BCUT2D eigenvalue weighted by Crippen LogP contribution is -2.39. The number of hydrogen-bond acceptors (Lipinski definition) is 4. The number of carbonyl (C=O) groups is 2. The molecule has 1 aromatic heterocycles. The van der Waals surface area contributed by atoms with Crippen molar-refractivity contribution in [3.05, 3.63) is 86.4 Å². The van der Waals surface area contributed by atoms with Gasteiger partial charge in [-0.2, -0.15) is 0 Å². The Morgan fingerprint density at radius 2 is 1.86 bits per heavy atom. The molecule has 2 amide bonds. The van der Waals surface area contributed by atoms with Crippen LogP contribution in [-0.2, 0) is 17.6 Å². The van der Waals surface area contributed by atoms with E-state index in [2.05, 4.69) is 56.3 Å². The van der Waals surface area contributed by atoms with Gasteiger partial charge in [-0.1, -0.05) is 48.0 Å². The van der Waals surface area contributed by atoms with Crippen molar-refractivity contribution in [1.82, 2.24) is 14.8 Å². The number of thiazole rings is 1. The van der Waals surface area contributed by atoms with Gasteiger partial charge in [0.05, 0.1) is 17.5 Å². The molecule has 36 heavy (non-hydrogen) atoms. The molecule has 1 aliphatic carbocycles. The summed E-state index contributed by atoms with van der Waals surface area (Å²) in [5.74, 6) is 0.508. The Kier molecular flexibility index (Phi) is 7.24. The van der Waals surface area contributed by atoms with Crippen molar-refractivity contribution < 1.29 is 9.59 Å².